The summed E-state index contributed by atoms with van der Waals surface area (Å²) in [5, 5.41) is 3.03. The topological polar surface area (TPSA) is 44.8 Å². The molecule has 5 nitrogen and oxygen atoms in total. The number of piperazine rings is 1. The molecule has 3 rings (SSSR count). The van der Waals surface area contributed by atoms with E-state index < -0.39 is 0 Å². The third-order valence-electron chi connectivity index (χ3n) is 4.78. The first kappa shape index (κ1) is 16.4. The number of amides is 1. The van der Waals surface area contributed by atoms with Gasteiger partial charge in [0.25, 0.3) is 0 Å². The molecule has 1 amide bonds. The summed E-state index contributed by atoms with van der Waals surface area (Å²) < 4.78 is 5.44. The van der Waals surface area contributed by atoms with Crippen LogP contribution in [0, 0.1) is 0 Å². The van der Waals surface area contributed by atoms with Gasteiger partial charge in [0.2, 0.25) is 5.91 Å². The number of carbonyl (C=O) groups excluding carboxylic acids is 1. The first-order valence-electron chi connectivity index (χ1n) is 8.59. The number of nitrogens with one attached hydrogen (secondary N) is 1. The predicted molar refractivity (Wildman–Crippen MR) is 90.0 cm³/mol. The summed E-state index contributed by atoms with van der Waals surface area (Å²) in [5.41, 5.74) is 2.52. The zero-order chi connectivity index (χ0) is 16.1. The molecule has 1 N–H and O–H groups in total. The number of rotatable bonds is 5. The molecule has 2 heterocycles. The fraction of sp³-hybridized carbons (Fsp3) is 0.611. The van der Waals surface area contributed by atoms with Gasteiger partial charge in [-0.05, 0) is 31.0 Å². The van der Waals surface area contributed by atoms with Gasteiger partial charge in [-0.2, -0.15) is 0 Å². The molecule has 2 saturated heterocycles. The third-order valence-corrected chi connectivity index (χ3v) is 4.78. The molecule has 0 aromatic heterocycles. The normalized spacial score (nSPS) is 23.1. The van der Waals surface area contributed by atoms with E-state index in [4.69, 9.17) is 4.74 Å². The van der Waals surface area contributed by atoms with Crippen LogP contribution in [0.2, 0.25) is 0 Å². The molecular formula is C18H27N3O2. The van der Waals surface area contributed by atoms with Crippen LogP contribution in [0.3, 0.4) is 0 Å². The van der Waals surface area contributed by atoms with Crippen molar-refractivity contribution in [3.8, 4) is 0 Å². The highest BCUT2D eigenvalue weighted by molar-refractivity contribution is 5.80. The Labute approximate surface area is 138 Å². The van der Waals surface area contributed by atoms with Gasteiger partial charge in [-0.25, -0.2) is 0 Å². The standard InChI is InChI=1S/C18H27N3O2/c1-20-8-10-21(11-9-20)14-16-6-3-2-5-15(16)13-19-18(22)17-7-4-12-23-17/h2-3,5-6,17H,4,7-14H2,1H3,(H,19,22)/t17-/m0/s1. The zero-order valence-electron chi connectivity index (χ0n) is 14.0. The van der Waals surface area contributed by atoms with Crippen molar-refractivity contribution >= 4 is 5.91 Å². The number of ether oxygens (including phenoxy) is 1. The van der Waals surface area contributed by atoms with Gasteiger partial charge in [0.05, 0.1) is 0 Å². The average molecular weight is 317 g/mol. The van der Waals surface area contributed by atoms with Crippen LogP contribution in [-0.2, 0) is 22.6 Å². The number of carbonyl (C=O) groups is 1. The van der Waals surface area contributed by atoms with E-state index in [1.54, 1.807) is 0 Å². The van der Waals surface area contributed by atoms with Crippen LogP contribution in [0.4, 0.5) is 0 Å². The van der Waals surface area contributed by atoms with Gasteiger partial charge in [0.1, 0.15) is 6.10 Å². The lowest BCUT2D eigenvalue weighted by atomic mass is 10.1. The Morgan fingerprint density at radius 3 is 2.65 bits per heavy atom. The maximum absolute atomic E-state index is 12.1. The molecule has 0 aliphatic carbocycles. The molecule has 2 fully saturated rings. The smallest absolute Gasteiger partial charge is 0.249 e. The zero-order valence-corrected chi connectivity index (χ0v) is 14.0. The maximum Gasteiger partial charge on any atom is 0.249 e. The molecule has 5 heteroatoms. The molecule has 2 aliphatic heterocycles. The first-order chi connectivity index (χ1) is 11.2. The molecule has 2 aliphatic rings. The minimum Gasteiger partial charge on any atom is -0.368 e. The van der Waals surface area contributed by atoms with E-state index in [1.807, 2.05) is 6.07 Å². The lowest BCUT2D eigenvalue weighted by Gasteiger charge is -2.32. The highest BCUT2D eigenvalue weighted by Gasteiger charge is 2.23. The Hall–Kier alpha value is -1.43. The predicted octanol–water partition coefficient (Wildman–Crippen LogP) is 1.23. The summed E-state index contributed by atoms with van der Waals surface area (Å²) in [6.07, 6.45) is 1.58. The minimum absolute atomic E-state index is 0.0249. The fourth-order valence-electron chi connectivity index (χ4n) is 3.21. The number of nitrogens with zero attached hydrogens (tertiary/aromatic N) is 2. The number of hydrogen-bond donors (Lipinski definition) is 1. The van der Waals surface area contributed by atoms with Crippen molar-refractivity contribution in [1.82, 2.24) is 15.1 Å². The summed E-state index contributed by atoms with van der Waals surface area (Å²) in [7, 11) is 2.17. The Morgan fingerprint density at radius 2 is 1.96 bits per heavy atom. The first-order valence-corrected chi connectivity index (χ1v) is 8.59. The molecule has 0 saturated carbocycles. The molecule has 1 atom stereocenters. The van der Waals surface area contributed by atoms with E-state index in [9.17, 15) is 4.79 Å². The molecule has 1 aromatic carbocycles. The van der Waals surface area contributed by atoms with Crippen LogP contribution < -0.4 is 5.32 Å². The van der Waals surface area contributed by atoms with Gasteiger partial charge >= 0.3 is 0 Å². The number of hydrogen-bond acceptors (Lipinski definition) is 4. The summed E-state index contributed by atoms with van der Waals surface area (Å²) in [4.78, 5) is 17.0. The Balaban J connectivity index is 1.55. The second kappa shape index (κ2) is 7.90. The van der Waals surface area contributed by atoms with E-state index in [1.165, 1.54) is 11.1 Å². The van der Waals surface area contributed by atoms with Gasteiger partial charge in [-0.15, -0.1) is 0 Å². The van der Waals surface area contributed by atoms with Crippen molar-refractivity contribution in [2.75, 3.05) is 39.8 Å². The molecule has 0 radical (unpaired) electrons. The van der Waals surface area contributed by atoms with Crippen molar-refractivity contribution in [1.29, 1.82) is 0 Å². The van der Waals surface area contributed by atoms with Gasteiger partial charge in [0.15, 0.2) is 0 Å². The average Bonchev–Trinajstić information content (AvgIpc) is 3.10. The van der Waals surface area contributed by atoms with Gasteiger partial charge < -0.3 is 15.0 Å². The van der Waals surface area contributed by atoms with Crippen LogP contribution in [0.15, 0.2) is 24.3 Å². The van der Waals surface area contributed by atoms with E-state index in [0.717, 1.165) is 45.6 Å². The van der Waals surface area contributed by atoms with E-state index >= 15 is 0 Å². The van der Waals surface area contributed by atoms with Crippen molar-refractivity contribution in [2.45, 2.75) is 32.0 Å². The Kier molecular flexibility index (Phi) is 5.65. The molecule has 0 bridgehead atoms. The van der Waals surface area contributed by atoms with Gasteiger partial charge in [-0.1, -0.05) is 24.3 Å². The fourth-order valence-corrected chi connectivity index (χ4v) is 3.21. The highest BCUT2D eigenvalue weighted by atomic mass is 16.5. The molecule has 23 heavy (non-hydrogen) atoms. The van der Waals surface area contributed by atoms with Crippen LogP contribution >= 0.6 is 0 Å². The summed E-state index contributed by atoms with van der Waals surface area (Å²) in [5.74, 6) is 0.0249. The summed E-state index contributed by atoms with van der Waals surface area (Å²) >= 11 is 0. The van der Waals surface area contributed by atoms with Crippen molar-refractivity contribution < 1.29 is 9.53 Å². The van der Waals surface area contributed by atoms with E-state index in [0.29, 0.717) is 13.2 Å². The van der Waals surface area contributed by atoms with Crippen molar-refractivity contribution in [3.63, 3.8) is 0 Å². The third kappa shape index (κ3) is 4.53. The maximum atomic E-state index is 12.1. The van der Waals surface area contributed by atoms with Gasteiger partial charge in [0, 0.05) is 45.9 Å². The van der Waals surface area contributed by atoms with E-state index in [-0.39, 0.29) is 12.0 Å². The molecule has 1 aromatic rings. The Morgan fingerprint density at radius 1 is 1.22 bits per heavy atom. The molecule has 0 unspecified atom stereocenters. The molecule has 0 spiro atoms. The Bertz CT molecular complexity index is 521. The summed E-state index contributed by atoms with van der Waals surface area (Å²) in [6.45, 7) is 6.70. The SMILES string of the molecule is CN1CCN(Cc2ccccc2CNC(=O)[C@@H]2CCCO2)CC1. The molecule has 126 valence electrons. The lowest BCUT2D eigenvalue weighted by Crippen LogP contribution is -2.44. The molecular weight excluding hydrogens is 290 g/mol. The number of likely N-dealkylation sites (N-methyl/N-ethyl adjacent to an activating group) is 1. The van der Waals surface area contributed by atoms with Crippen molar-refractivity contribution in [2.24, 2.45) is 0 Å². The largest absolute Gasteiger partial charge is 0.368 e. The minimum atomic E-state index is -0.250. The second-order valence-electron chi connectivity index (χ2n) is 6.57. The number of benzene rings is 1. The summed E-state index contributed by atoms with van der Waals surface area (Å²) in [6, 6.07) is 8.41. The monoisotopic (exact) mass is 317 g/mol. The van der Waals surface area contributed by atoms with Gasteiger partial charge in [-0.3, -0.25) is 9.69 Å². The van der Waals surface area contributed by atoms with Crippen molar-refractivity contribution in [3.05, 3.63) is 35.4 Å². The quantitative estimate of drug-likeness (QED) is 0.887. The van der Waals surface area contributed by atoms with Crippen LogP contribution in [-0.4, -0.2) is 61.6 Å². The second-order valence-corrected chi connectivity index (χ2v) is 6.57. The van der Waals surface area contributed by atoms with Crippen LogP contribution in [0.1, 0.15) is 24.0 Å². The van der Waals surface area contributed by atoms with Crippen LogP contribution in [0.25, 0.3) is 0 Å². The highest BCUT2D eigenvalue weighted by Crippen LogP contribution is 2.15. The van der Waals surface area contributed by atoms with Crippen LogP contribution in [0.5, 0.6) is 0 Å². The lowest BCUT2D eigenvalue weighted by molar-refractivity contribution is -0.130. The van der Waals surface area contributed by atoms with E-state index in [2.05, 4.69) is 40.4 Å².